The van der Waals surface area contributed by atoms with Gasteiger partial charge in [-0.15, -0.1) is 0 Å². The summed E-state index contributed by atoms with van der Waals surface area (Å²) in [6.07, 6.45) is 0.580. The number of aliphatic carboxylic acids is 1. The van der Waals surface area contributed by atoms with Crippen LogP contribution in [0.25, 0.3) is 5.76 Å². The van der Waals surface area contributed by atoms with Crippen molar-refractivity contribution in [3.63, 3.8) is 0 Å². The third-order valence-electron chi connectivity index (χ3n) is 3.00. The summed E-state index contributed by atoms with van der Waals surface area (Å²) in [5, 5.41) is 18.2. The van der Waals surface area contributed by atoms with Gasteiger partial charge < -0.3 is 14.9 Å². The molecule has 0 aliphatic heterocycles. The first kappa shape index (κ1) is 17.1. The van der Waals surface area contributed by atoms with Crippen molar-refractivity contribution in [3.05, 3.63) is 71.3 Å². The lowest BCUT2D eigenvalue weighted by Gasteiger charge is -2.08. The summed E-state index contributed by atoms with van der Waals surface area (Å²) in [5.41, 5.74) is 0.576. The van der Waals surface area contributed by atoms with Crippen LogP contribution in [0.4, 0.5) is 8.78 Å². The number of aliphatic hydroxyl groups is 1. The van der Waals surface area contributed by atoms with Gasteiger partial charge in [0, 0.05) is 11.6 Å². The molecule has 0 amide bonds. The van der Waals surface area contributed by atoms with Crippen LogP contribution in [0.15, 0.2) is 48.5 Å². The first-order valence-electron chi connectivity index (χ1n) is 6.72. The van der Waals surface area contributed by atoms with Gasteiger partial charge in [-0.2, -0.15) is 0 Å². The number of hydrogen-bond acceptors (Lipinski definition) is 4. The van der Waals surface area contributed by atoms with Crippen molar-refractivity contribution in [2.24, 2.45) is 0 Å². The molecule has 7 heteroatoms. The van der Waals surface area contributed by atoms with E-state index in [2.05, 4.69) is 0 Å². The van der Waals surface area contributed by atoms with Crippen LogP contribution < -0.4 is 4.74 Å². The molecule has 0 unspecified atom stereocenters. The molecule has 2 rings (SSSR count). The molecule has 124 valence electrons. The molecule has 0 atom stereocenters. The van der Waals surface area contributed by atoms with Gasteiger partial charge in [-0.25, -0.2) is 13.6 Å². The molecule has 2 aromatic rings. The summed E-state index contributed by atoms with van der Waals surface area (Å²) < 4.78 is 31.4. The van der Waals surface area contributed by atoms with E-state index in [1.807, 2.05) is 0 Å². The van der Waals surface area contributed by atoms with Crippen molar-refractivity contribution in [1.29, 1.82) is 0 Å². The molecule has 0 radical (unpaired) electrons. The van der Waals surface area contributed by atoms with Gasteiger partial charge >= 0.3 is 5.97 Å². The Morgan fingerprint density at radius 2 is 1.79 bits per heavy atom. The Balaban J connectivity index is 2.11. The van der Waals surface area contributed by atoms with Gasteiger partial charge in [0.1, 0.15) is 18.1 Å². The monoisotopic (exact) mass is 334 g/mol. The van der Waals surface area contributed by atoms with Crippen molar-refractivity contribution in [2.75, 3.05) is 0 Å². The topological polar surface area (TPSA) is 83.8 Å². The van der Waals surface area contributed by atoms with Crippen molar-refractivity contribution in [3.8, 4) is 5.75 Å². The van der Waals surface area contributed by atoms with E-state index in [0.717, 1.165) is 12.1 Å². The number of aliphatic hydroxyl groups excluding tert-OH is 1. The molecule has 5 nitrogen and oxygen atoms in total. The van der Waals surface area contributed by atoms with Gasteiger partial charge in [0.2, 0.25) is 0 Å². The minimum atomic E-state index is -1.69. The number of hydrogen-bond donors (Lipinski definition) is 2. The number of ketones is 1. The summed E-state index contributed by atoms with van der Waals surface area (Å²) in [5.74, 6) is -5.13. The van der Waals surface area contributed by atoms with Crippen molar-refractivity contribution >= 4 is 17.5 Å². The summed E-state index contributed by atoms with van der Waals surface area (Å²) in [6, 6.07) is 9.25. The average molecular weight is 334 g/mol. The van der Waals surface area contributed by atoms with Crippen LogP contribution in [0.3, 0.4) is 0 Å². The van der Waals surface area contributed by atoms with E-state index >= 15 is 0 Å². The molecule has 0 bridgehead atoms. The zero-order valence-corrected chi connectivity index (χ0v) is 12.2. The zero-order valence-electron chi connectivity index (χ0n) is 12.2. The lowest BCUT2D eigenvalue weighted by Crippen LogP contribution is -2.09. The van der Waals surface area contributed by atoms with E-state index in [0.29, 0.717) is 17.4 Å². The van der Waals surface area contributed by atoms with Gasteiger partial charge in [0.15, 0.2) is 11.6 Å². The van der Waals surface area contributed by atoms with Crippen molar-refractivity contribution in [1.82, 2.24) is 0 Å². The number of benzene rings is 2. The number of carbonyl (C=O) groups excluding carboxylic acids is 1. The van der Waals surface area contributed by atoms with Crippen LogP contribution in [-0.2, 0) is 16.2 Å². The molecule has 2 aromatic carbocycles. The first-order chi connectivity index (χ1) is 11.4. The molecule has 0 aliphatic rings. The third kappa shape index (κ3) is 4.39. The average Bonchev–Trinajstić information content (AvgIpc) is 2.56. The van der Waals surface area contributed by atoms with Crippen LogP contribution >= 0.6 is 0 Å². The summed E-state index contributed by atoms with van der Waals surface area (Å²) in [4.78, 5) is 21.5. The Labute approximate surface area is 135 Å². The second-order valence-electron chi connectivity index (χ2n) is 4.76. The Hall–Kier alpha value is -3.22. The van der Waals surface area contributed by atoms with Crippen LogP contribution in [0, 0.1) is 11.6 Å². The molecule has 0 spiro atoms. The molecular weight excluding hydrogens is 322 g/mol. The van der Waals surface area contributed by atoms with Crippen molar-refractivity contribution in [2.45, 2.75) is 6.61 Å². The third-order valence-corrected chi connectivity index (χ3v) is 3.00. The molecule has 0 heterocycles. The van der Waals surface area contributed by atoms with E-state index in [4.69, 9.17) is 9.84 Å². The van der Waals surface area contributed by atoms with E-state index in [-0.39, 0.29) is 12.2 Å². The fraction of sp³-hybridized carbons (Fsp3) is 0.0588. The van der Waals surface area contributed by atoms with Crippen molar-refractivity contribution < 1.29 is 33.3 Å². The van der Waals surface area contributed by atoms with Crippen LogP contribution in [0.2, 0.25) is 0 Å². The molecule has 0 saturated carbocycles. The number of rotatable bonds is 6. The highest BCUT2D eigenvalue weighted by atomic mass is 19.2. The van der Waals surface area contributed by atoms with E-state index in [1.54, 1.807) is 6.07 Å². The fourth-order valence-corrected chi connectivity index (χ4v) is 1.81. The van der Waals surface area contributed by atoms with E-state index < -0.39 is 29.1 Å². The Kier molecular flexibility index (Phi) is 5.26. The van der Waals surface area contributed by atoms with Gasteiger partial charge in [0.25, 0.3) is 5.78 Å². The summed E-state index contributed by atoms with van der Waals surface area (Å²) in [6.45, 7) is -0.0425. The molecule has 2 N–H and O–H groups in total. The second kappa shape index (κ2) is 7.36. The summed E-state index contributed by atoms with van der Waals surface area (Å²) >= 11 is 0. The van der Waals surface area contributed by atoms with Crippen LogP contribution in [0.1, 0.15) is 11.1 Å². The minimum absolute atomic E-state index is 0.0425. The first-order valence-corrected chi connectivity index (χ1v) is 6.72. The zero-order chi connectivity index (χ0) is 17.7. The molecule has 0 fully saturated rings. The van der Waals surface area contributed by atoms with Gasteiger partial charge in [-0.1, -0.05) is 18.2 Å². The summed E-state index contributed by atoms with van der Waals surface area (Å²) in [7, 11) is 0. The molecule has 24 heavy (non-hydrogen) atoms. The number of ether oxygens (including phenoxy) is 1. The highest BCUT2D eigenvalue weighted by Gasteiger charge is 2.11. The standard InChI is InChI=1S/C17H12F2O5/c18-13-5-4-10(6-14(13)19)9-24-12-3-1-2-11(7-12)15(20)8-16(21)17(22)23/h1-8,20H,9H2,(H,22,23). The van der Waals surface area contributed by atoms with Gasteiger partial charge in [-0.05, 0) is 29.8 Å². The molecular formula is C17H12F2O5. The fourth-order valence-electron chi connectivity index (χ4n) is 1.81. The number of carboxylic acid groups (broad SMARTS) is 1. The molecule has 0 saturated heterocycles. The molecule has 0 aliphatic carbocycles. The maximum Gasteiger partial charge on any atom is 0.376 e. The SMILES string of the molecule is O=C(O)C(=O)C=C(O)c1cccc(OCc2ccc(F)c(F)c2)c1. The Bertz CT molecular complexity index is 814. The predicted octanol–water partition coefficient (Wildman–Crippen LogP) is 3.10. The number of carbonyl (C=O) groups is 2. The van der Waals surface area contributed by atoms with E-state index in [9.17, 15) is 23.5 Å². The maximum atomic E-state index is 13.1. The smallest absolute Gasteiger partial charge is 0.376 e. The lowest BCUT2D eigenvalue weighted by molar-refractivity contribution is -0.146. The Morgan fingerprint density at radius 1 is 1.04 bits per heavy atom. The highest BCUT2D eigenvalue weighted by molar-refractivity contribution is 6.38. The largest absolute Gasteiger partial charge is 0.507 e. The quantitative estimate of drug-likeness (QED) is 0.482. The van der Waals surface area contributed by atoms with E-state index in [1.165, 1.54) is 24.3 Å². The van der Waals surface area contributed by atoms with Gasteiger partial charge in [0.05, 0.1) is 0 Å². The van der Waals surface area contributed by atoms with Crippen LogP contribution in [-0.4, -0.2) is 22.0 Å². The normalized spacial score (nSPS) is 11.2. The molecule has 0 aromatic heterocycles. The lowest BCUT2D eigenvalue weighted by atomic mass is 10.1. The maximum absolute atomic E-state index is 13.1. The second-order valence-corrected chi connectivity index (χ2v) is 4.76. The predicted molar refractivity (Wildman–Crippen MR) is 80.4 cm³/mol. The highest BCUT2D eigenvalue weighted by Crippen LogP contribution is 2.20. The van der Waals surface area contributed by atoms with Gasteiger partial charge in [-0.3, -0.25) is 4.79 Å². The van der Waals surface area contributed by atoms with Crippen LogP contribution in [0.5, 0.6) is 5.75 Å². The number of halogens is 2. The minimum Gasteiger partial charge on any atom is -0.507 e. The Morgan fingerprint density at radius 3 is 2.46 bits per heavy atom. The number of carboxylic acids is 1.